The highest BCUT2D eigenvalue weighted by Crippen LogP contribution is 2.44. The Balaban J connectivity index is 1.57. The molecule has 7 heteroatoms. The number of carbonyl (C=O) groups excluding carboxylic acids is 1. The average molecular weight is 440 g/mol. The molecule has 4 rings (SSSR count). The number of benzene rings is 3. The first-order chi connectivity index (χ1) is 14.9. The van der Waals surface area contributed by atoms with Gasteiger partial charge in [0.15, 0.2) is 6.04 Å². The van der Waals surface area contributed by atoms with Gasteiger partial charge in [-0.25, -0.2) is 14.0 Å². The monoisotopic (exact) mass is 439 g/mol. The molecule has 0 aromatic heterocycles. The molecule has 0 radical (unpaired) electrons. The smallest absolute Gasteiger partial charge is 0.410 e. The van der Waals surface area contributed by atoms with Crippen LogP contribution in [0.2, 0.25) is 5.02 Å². The number of rotatable bonds is 5. The van der Waals surface area contributed by atoms with Gasteiger partial charge in [0.25, 0.3) is 0 Å². The quantitative estimate of drug-likeness (QED) is 0.571. The van der Waals surface area contributed by atoms with Crippen molar-refractivity contribution >= 4 is 23.7 Å². The van der Waals surface area contributed by atoms with E-state index in [0.717, 1.165) is 33.2 Å². The number of carbonyl (C=O) groups is 2. The Kier molecular flexibility index (Phi) is 5.65. The molecule has 5 nitrogen and oxygen atoms in total. The molecule has 1 unspecified atom stereocenters. The lowest BCUT2D eigenvalue weighted by Crippen LogP contribution is -2.37. The van der Waals surface area contributed by atoms with Crippen LogP contribution in [0.1, 0.15) is 28.7 Å². The molecule has 0 spiro atoms. The highest BCUT2D eigenvalue weighted by Gasteiger charge is 2.35. The Morgan fingerprint density at radius 2 is 1.61 bits per heavy atom. The van der Waals surface area contributed by atoms with Crippen molar-refractivity contribution in [3.05, 3.63) is 94.3 Å². The van der Waals surface area contributed by atoms with E-state index >= 15 is 0 Å². The van der Waals surface area contributed by atoms with E-state index in [0.29, 0.717) is 0 Å². The van der Waals surface area contributed by atoms with E-state index in [9.17, 15) is 19.1 Å². The standard InChI is InChI=1S/C24H19ClFNO4/c1-27(22(23(28)29)21-19(25)11-6-12-20(21)26)24(30)31-13-18-16-9-4-2-7-14(16)15-8-3-5-10-17(15)18/h2-12,18,22H,13H2,1H3,(H,28,29). The number of nitrogens with zero attached hydrogens (tertiary/aromatic N) is 1. The molecule has 3 aromatic rings. The van der Waals surface area contributed by atoms with Gasteiger partial charge in [-0.1, -0.05) is 66.2 Å². The fraction of sp³-hybridized carbons (Fsp3) is 0.167. The zero-order valence-electron chi connectivity index (χ0n) is 16.6. The van der Waals surface area contributed by atoms with Crippen molar-refractivity contribution in [3.8, 4) is 11.1 Å². The van der Waals surface area contributed by atoms with Crippen molar-refractivity contribution in [2.45, 2.75) is 12.0 Å². The van der Waals surface area contributed by atoms with Crippen molar-refractivity contribution < 1.29 is 23.8 Å². The van der Waals surface area contributed by atoms with E-state index in [1.165, 1.54) is 19.2 Å². The number of ether oxygens (including phenoxy) is 1. The zero-order valence-corrected chi connectivity index (χ0v) is 17.3. The predicted molar refractivity (Wildman–Crippen MR) is 115 cm³/mol. The Hall–Kier alpha value is -3.38. The van der Waals surface area contributed by atoms with Gasteiger partial charge in [0.1, 0.15) is 12.4 Å². The highest BCUT2D eigenvalue weighted by molar-refractivity contribution is 6.31. The lowest BCUT2D eigenvalue weighted by Gasteiger charge is -2.26. The second-order valence-electron chi connectivity index (χ2n) is 7.29. The first-order valence-electron chi connectivity index (χ1n) is 9.64. The summed E-state index contributed by atoms with van der Waals surface area (Å²) in [7, 11) is 1.25. The Labute approximate surface area is 183 Å². The lowest BCUT2D eigenvalue weighted by atomic mass is 9.98. The molecule has 0 saturated carbocycles. The zero-order chi connectivity index (χ0) is 22.1. The number of carboxylic acid groups (broad SMARTS) is 1. The van der Waals surface area contributed by atoms with E-state index in [4.69, 9.17) is 16.3 Å². The van der Waals surface area contributed by atoms with Crippen molar-refractivity contribution in [3.63, 3.8) is 0 Å². The van der Waals surface area contributed by atoms with Crippen LogP contribution in [-0.2, 0) is 9.53 Å². The SMILES string of the molecule is CN(C(=O)OCC1c2ccccc2-c2ccccc21)C(C(=O)O)c1c(F)cccc1Cl. The molecule has 0 heterocycles. The average Bonchev–Trinajstić information content (AvgIpc) is 3.08. The molecule has 158 valence electrons. The predicted octanol–water partition coefficient (Wildman–Crippen LogP) is 5.49. The fourth-order valence-electron chi connectivity index (χ4n) is 4.06. The molecular weight excluding hydrogens is 421 g/mol. The summed E-state index contributed by atoms with van der Waals surface area (Å²) in [5.41, 5.74) is 3.94. The molecule has 3 aromatic carbocycles. The van der Waals surface area contributed by atoms with Crippen LogP contribution in [0.5, 0.6) is 0 Å². The number of halogens is 2. The Bertz CT molecular complexity index is 1100. The van der Waals surface area contributed by atoms with Gasteiger partial charge in [0, 0.05) is 23.6 Å². The third-order valence-electron chi connectivity index (χ3n) is 5.52. The third-order valence-corrected chi connectivity index (χ3v) is 5.85. The summed E-state index contributed by atoms with van der Waals surface area (Å²) in [6, 6.07) is 18.0. The van der Waals surface area contributed by atoms with Gasteiger partial charge in [0.2, 0.25) is 0 Å². The maximum atomic E-state index is 14.3. The molecular formula is C24H19ClFNO4. The van der Waals surface area contributed by atoms with Crippen molar-refractivity contribution in [2.24, 2.45) is 0 Å². The second-order valence-corrected chi connectivity index (χ2v) is 7.70. The van der Waals surface area contributed by atoms with Crippen LogP contribution in [-0.4, -0.2) is 35.7 Å². The van der Waals surface area contributed by atoms with Crippen LogP contribution < -0.4 is 0 Å². The van der Waals surface area contributed by atoms with Crippen LogP contribution in [0.15, 0.2) is 66.7 Å². The molecule has 1 atom stereocenters. The minimum atomic E-state index is -1.62. The van der Waals surface area contributed by atoms with Gasteiger partial charge in [-0.3, -0.25) is 4.90 Å². The van der Waals surface area contributed by atoms with E-state index < -0.39 is 23.9 Å². The van der Waals surface area contributed by atoms with Gasteiger partial charge in [-0.15, -0.1) is 0 Å². The number of amides is 1. The number of likely N-dealkylation sites (N-methyl/N-ethyl adjacent to an activating group) is 1. The Morgan fingerprint density at radius 3 is 2.16 bits per heavy atom. The van der Waals surface area contributed by atoms with Crippen LogP contribution in [0.3, 0.4) is 0 Å². The normalized spacial score (nSPS) is 13.3. The van der Waals surface area contributed by atoms with E-state index in [1.807, 2.05) is 48.5 Å². The summed E-state index contributed by atoms with van der Waals surface area (Å²) in [5.74, 6) is -2.40. The largest absolute Gasteiger partial charge is 0.479 e. The molecule has 0 saturated heterocycles. The molecule has 31 heavy (non-hydrogen) atoms. The maximum absolute atomic E-state index is 14.3. The van der Waals surface area contributed by atoms with Crippen LogP contribution in [0.4, 0.5) is 9.18 Å². The molecule has 1 amide bonds. The summed E-state index contributed by atoms with van der Waals surface area (Å²) < 4.78 is 19.8. The number of carboxylic acids is 1. The van der Waals surface area contributed by atoms with Gasteiger partial charge < -0.3 is 9.84 Å². The Morgan fingerprint density at radius 1 is 1.03 bits per heavy atom. The van der Waals surface area contributed by atoms with E-state index in [1.54, 1.807) is 0 Å². The molecule has 0 aliphatic heterocycles. The van der Waals surface area contributed by atoms with E-state index in [2.05, 4.69) is 0 Å². The highest BCUT2D eigenvalue weighted by atomic mass is 35.5. The summed E-state index contributed by atoms with van der Waals surface area (Å²) in [4.78, 5) is 25.5. The first-order valence-corrected chi connectivity index (χ1v) is 10.0. The molecule has 1 N–H and O–H groups in total. The van der Waals surface area contributed by atoms with E-state index in [-0.39, 0.29) is 23.1 Å². The summed E-state index contributed by atoms with van der Waals surface area (Å²) >= 11 is 6.03. The summed E-state index contributed by atoms with van der Waals surface area (Å²) in [6.45, 7) is 0.0224. The minimum absolute atomic E-state index is 0.0224. The molecule has 1 aliphatic rings. The minimum Gasteiger partial charge on any atom is -0.479 e. The topological polar surface area (TPSA) is 66.8 Å². The lowest BCUT2D eigenvalue weighted by molar-refractivity contribution is -0.142. The maximum Gasteiger partial charge on any atom is 0.410 e. The second kappa shape index (κ2) is 8.40. The van der Waals surface area contributed by atoms with Crippen LogP contribution in [0, 0.1) is 5.82 Å². The molecule has 0 bridgehead atoms. The van der Waals surface area contributed by atoms with Gasteiger partial charge in [-0.2, -0.15) is 0 Å². The fourth-order valence-corrected chi connectivity index (χ4v) is 4.32. The summed E-state index contributed by atoms with van der Waals surface area (Å²) in [6.07, 6.45) is -0.881. The first kappa shape index (κ1) is 20.9. The van der Waals surface area contributed by atoms with Gasteiger partial charge in [-0.05, 0) is 34.4 Å². The number of aliphatic carboxylic acids is 1. The van der Waals surface area contributed by atoms with Crippen LogP contribution in [0.25, 0.3) is 11.1 Å². The van der Waals surface area contributed by atoms with Crippen LogP contribution >= 0.6 is 11.6 Å². The van der Waals surface area contributed by atoms with Crippen molar-refractivity contribution in [1.29, 1.82) is 0 Å². The van der Waals surface area contributed by atoms with Gasteiger partial charge >= 0.3 is 12.1 Å². The van der Waals surface area contributed by atoms with Crippen molar-refractivity contribution in [1.82, 2.24) is 4.90 Å². The van der Waals surface area contributed by atoms with Gasteiger partial charge in [0.05, 0.1) is 0 Å². The summed E-state index contributed by atoms with van der Waals surface area (Å²) in [5, 5.41) is 9.58. The number of hydrogen-bond donors (Lipinski definition) is 1. The number of hydrogen-bond acceptors (Lipinski definition) is 3. The molecule has 0 fully saturated rings. The third kappa shape index (κ3) is 3.75. The molecule has 1 aliphatic carbocycles. The van der Waals surface area contributed by atoms with Crippen molar-refractivity contribution in [2.75, 3.05) is 13.7 Å². The number of fused-ring (bicyclic) bond motifs is 3.